The minimum atomic E-state index is -0.644. The minimum absolute atomic E-state index is 0.108. The number of aryl methyl sites for hydroxylation is 2. The van der Waals surface area contributed by atoms with Crippen molar-refractivity contribution in [1.29, 1.82) is 0 Å². The molecule has 1 amide bonds. The molecule has 0 aromatic carbocycles. The number of nitrogens with zero attached hydrogens (tertiary/aromatic N) is 4. The lowest BCUT2D eigenvalue weighted by Crippen LogP contribution is -2.36. The van der Waals surface area contributed by atoms with Gasteiger partial charge in [0.05, 0.1) is 27.2 Å². The molecular formula is C19H22N4O3S. The summed E-state index contributed by atoms with van der Waals surface area (Å²) in [5.74, 6) is -1.36. The van der Waals surface area contributed by atoms with Gasteiger partial charge in [-0.2, -0.15) is 0 Å². The van der Waals surface area contributed by atoms with E-state index in [2.05, 4.69) is 9.97 Å². The van der Waals surface area contributed by atoms with Gasteiger partial charge in [0.1, 0.15) is 0 Å². The molecular weight excluding hydrogens is 364 g/mol. The first kappa shape index (κ1) is 19.2. The molecule has 27 heavy (non-hydrogen) atoms. The van der Waals surface area contributed by atoms with Gasteiger partial charge in [0, 0.05) is 25.5 Å². The lowest BCUT2D eigenvalue weighted by Gasteiger charge is -2.27. The van der Waals surface area contributed by atoms with Crippen molar-refractivity contribution in [2.75, 3.05) is 27.2 Å². The summed E-state index contributed by atoms with van der Waals surface area (Å²) >= 11 is 1.27. The number of hydrogen-bond acceptors (Lipinski definition) is 7. The topological polar surface area (TPSA) is 86.6 Å². The van der Waals surface area contributed by atoms with E-state index in [1.54, 1.807) is 36.4 Å². The number of pyridine rings is 1. The number of ketones is 1. The van der Waals surface area contributed by atoms with Crippen LogP contribution in [0.5, 0.6) is 0 Å². The highest BCUT2D eigenvalue weighted by molar-refractivity contribution is 7.14. The smallest absolute Gasteiger partial charge is 0.290 e. The number of aromatic nitrogens is 2. The number of likely N-dealkylation sites (N-methyl/N-ethyl adjacent to an activating group) is 1. The van der Waals surface area contributed by atoms with Crippen molar-refractivity contribution in [3.63, 3.8) is 0 Å². The number of thiazole rings is 1. The molecule has 2 aromatic rings. The minimum Gasteiger partial charge on any atom is -0.503 e. The van der Waals surface area contributed by atoms with Gasteiger partial charge in [0.2, 0.25) is 5.78 Å². The quantitative estimate of drug-likeness (QED) is 0.767. The molecule has 0 aliphatic carbocycles. The Morgan fingerprint density at radius 3 is 2.52 bits per heavy atom. The number of Topliss-reactive ketones (excluding diaryl/α,β-unsaturated/α-hetero) is 1. The number of amides is 1. The zero-order valence-electron chi connectivity index (χ0n) is 15.8. The Hall–Kier alpha value is -2.58. The fourth-order valence-corrected chi connectivity index (χ4v) is 4.05. The lowest BCUT2D eigenvalue weighted by molar-refractivity contribution is -0.129. The largest absolute Gasteiger partial charge is 0.503 e. The van der Waals surface area contributed by atoms with E-state index in [1.807, 2.05) is 25.9 Å². The maximum atomic E-state index is 13.3. The van der Waals surface area contributed by atoms with Crippen molar-refractivity contribution < 1.29 is 14.7 Å². The summed E-state index contributed by atoms with van der Waals surface area (Å²) < 4.78 is 0. The summed E-state index contributed by atoms with van der Waals surface area (Å²) in [6.07, 6.45) is 3.23. The second kappa shape index (κ2) is 7.58. The second-order valence-electron chi connectivity index (χ2n) is 6.72. The molecule has 3 rings (SSSR count). The van der Waals surface area contributed by atoms with E-state index in [4.69, 9.17) is 0 Å². The molecule has 2 aromatic heterocycles. The zero-order valence-corrected chi connectivity index (χ0v) is 16.6. The molecule has 1 atom stereocenters. The maximum Gasteiger partial charge on any atom is 0.290 e. The Bertz CT molecular complexity index is 905. The summed E-state index contributed by atoms with van der Waals surface area (Å²) in [5.41, 5.74) is 1.45. The Kier molecular flexibility index (Phi) is 5.38. The van der Waals surface area contributed by atoms with Crippen LogP contribution >= 0.6 is 11.3 Å². The molecule has 0 spiro atoms. The van der Waals surface area contributed by atoms with E-state index >= 15 is 0 Å². The van der Waals surface area contributed by atoms with Gasteiger partial charge in [-0.15, -0.1) is 11.3 Å². The van der Waals surface area contributed by atoms with E-state index in [9.17, 15) is 14.7 Å². The van der Waals surface area contributed by atoms with Gasteiger partial charge in [0.25, 0.3) is 5.91 Å². The highest BCUT2D eigenvalue weighted by Gasteiger charge is 2.44. The van der Waals surface area contributed by atoms with Crippen molar-refractivity contribution >= 4 is 23.0 Å². The molecule has 0 saturated heterocycles. The molecule has 1 aliphatic rings. The number of aliphatic hydroxyl groups is 1. The highest BCUT2D eigenvalue weighted by Crippen LogP contribution is 2.39. The van der Waals surface area contributed by atoms with Gasteiger partial charge in [-0.25, -0.2) is 4.98 Å². The number of rotatable bonds is 6. The Labute approximate surface area is 162 Å². The summed E-state index contributed by atoms with van der Waals surface area (Å²) in [6.45, 7) is 4.59. The molecule has 0 radical (unpaired) electrons. The molecule has 142 valence electrons. The highest BCUT2D eigenvalue weighted by atomic mass is 32.1. The predicted octanol–water partition coefficient (Wildman–Crippen LogP) is 2.29. The van der Waals surface area contributed by atoms with Crippen LogP contribution in [0.15, 0.2) is 35.9 Å². The van der Waals surface area contributed by atoms with Crippen LogP contribution in [-0.2, 0) is 4.79 Å². The van der Waals surface area contributed by atoms with Crippen molar-refractivity contribution in [3.8, 4) is 0 Å². The molecule has 0 bridgehead atoms. The standard InChI is InChI=1S/C19H22N4O3S/c1-11-18(27-12(2)21-11)16(24)14-15(13-5-7-20-8-6-13)23(10-9-22(3)4)19(26)17(14)25/h5-8,15,25H,9-10H2,1-4H3/t15-/m0/s1. The fourth-order valence-electron chi connectivity index (χ4n) is 3.18. The second-order valence-corrected chi connectivity index (χ2v) is 7.93. The normalized spacial score (nSPS) is 17.3. The summed E-state index contributed by atoms with van der Waals surface area (Å²) in [6, 6.07) is 2.88. The van der Waals surface area contributed by atoms with E-state index in [0.717, 1.165) is 10.6 Å². The number of carbonyl (C=O) groups excluding carboxylic acids is 2. The van der Waals surface area contributed by atoms with E-state index < -0.39 is 17.7 Å². The predicted molar refractivity (Wildman–Crippen MR) is 103 cm³/mol. The van der Waals surface area contributed by atoms with Gasteiger partial charge in [-0.3, -0.25) is 14.6 Å². The third kappa shape index (κ3) is 3.63. The van der Waals surface area contributed by atoms with Crippen molar-refractivity contribution in [2.24, 2.45) is 0 Å². The summed E-state index contributed by atoms with van der Waals surface area (Å²) in [5, 5.41) is 11.3. The zero-order chi connectivity index (χ0) is 19.7. The molecule has 3 heterocycles. The van der Waals surface area contributed by atoms with Gasteiger partial charge >= 0.3 is 0 Å². The van der Waals surface area contributed by atoms with Gasteiger partial charge in [0.15, 0.2) is 5.76 Å². The first-order valence-corrected chi connectivity index (χ1v) is 9.40. The van der Waals surface area contributed by atoms with Crippen LogP contribution in [0.3, 0.4) is 0 Å². The van der Waals surface area contributed by atoms with Crippen LogP contribution in [-0.4, -0.2) is 63.7 Å². The van der Waals surface area contributed by atoms with E-state index in [-0.39, 0.29) is 11.4 Å². The van der Waals surface area contributed by atoms with Gasteiger partial charge in [-0.1, -0.05) is 0 Å². The van der Waals surface area contributed by atoms with Crippen molar-refractivity contribution in [1.82, 2.24) is 19.8 Å². The third-order valence-electron chi connectivity index (χ3n) is 4.47. The van der Waals surface area contributed by atoms with E-state index in [1.165, 1.54) is 11.3 Å². The summed E-state index contributed by atoms with van der Waals surface area (Å²) in [7, 11) is 3.82. The van der Waals surface area contributed by atoms with Gasteiger partial charge in [-0.05, 0) is 45.6 Å². The molecule has 0 saturated carbocycles. The number of hydrogen-bond donors (Lipinski definition) is 1. The Morgan fingerprint density at radius 1 is 1.30 bits per heavy atom. The summed E-state index contributed by atoms with van der Waals surface area (Å²) in [4.78, 5) is 38.3. The Morgan fingerprint density at radius 2 is 1.96 bits per heavy atom. The van der Waals surface area contributed by atoms with Crippen LogP contribution in [0.2, 0.25) is 0 Å². The first-order chi connectivity index (χ1) is 12.8. The SMILES string of the molecule is Cc1nc(C)c(C(=O)C2=C(O)C(=O)N(CCN(C)C)[C@H]2c2ccncc2)s1. The molecule has 0 fully saturated rings. The monoisotopic (exact) mass is 386 g/mol. The van der Waals surface area contributed by atoms with Crippen molar-refractivity contribution in [2.45, 2.75) is 19.9 Å². The van der Waals surface area contributed by atoms with Crippen LogP contribution < -0.4 is 0 Å². The third-order valence-corrected chi connectivity index (χ3v) is 5.54. The van der Waals surface area contributed by atoms with E-state index in [0.29, 0.717) is 23.7 Å². The molecule has 8 heteroatoms. The molecule has 1 aliphatic heterocycles. The Balaban J connectivity index is 2.07. The molecule has 0 unspecified atom stereocenters. The number of aliphatic hydroxyl groups excluding tert-OH is 1. The maximum absolute atomic E-state index is 13.3. The average Bonchev–Trinajstić information content (AvgIpc) is 3.10. The first-order valence-electron chi connectivity index (χ1n) is 8.58. The van der Waals surface area contributed by atoms with Crippen LogP contribution in [0, 0.1) is 13.8 Å². The molecule has 1 N–H and O–H groups in total. The van der Waals surface area contributed by atoms with Crippen LogP contribution in [0.4, 0.5) is 0 Å². The molecule has 7 nitrogen and oxygen atoms in total. The average molecular weight is 386 g/mol. The lowest BCUT2D eigenvalue weighted by atomic mass is 9.96. The van der Waals surface area contributed by atoms with Crippen LogP contribution in [0.1, 0.15) is 32.0 Å². The fraction of sp³-hybridized carbons (Fsp3) is 0.368. The van der Waals surface area contributed by atoms with Gasteiger partial charge < -0.3 is 14.9 Å². The van der Waals surface area contributed by atoms with Crippen molar-refractivity contribution in [3.05, 3.63) is 57.0 Å². The number of carbonyl (C=O) groups is 2. The van der Waals surface area contributed by atoms with Crippen LogP contribution in [0.25, 0.3) is 0 Å².